The quantitative estimate of drug-likeness (QED) is 0.881. The third kappa shape index (κ3) is 4.24. The van der Waals surface area contributed by atoms with Gasteiger partial charge < -0.3 is 19.9 Å². The minimum atomic E-state index is 0. The second kappa shape index (κ2) is 8.12. The lowest BCUT2D eigenvalue weighted by molar-refractivity contribution is 0.0791. The topological polar surface area (TPSA) is 94.5 Å². The summed E-state index contributed by atoms with van der Waals surface area (Å²) < 4.78 is 10.6. The number of ether oxygens (including phenoxy) is 1. The van der Waals surface area contributed by atoms with E-state index in [2.05, 4.69) is 10.1 Å². The van der Waals surface area contributed by atoms with Gasteiger partial charge in [-0.3, -0.25) is 4.79 Å². The van der Waals surface area contributed by atoms with E-state index in [1.165, 1.54) is 0 Å². The average Bonchev–Trinajstić information content (AvgIpc) is 3.21. The summed E-state index contributed by atoms with van der Waals surface area (Å²) in [6.07, 6.45) is 1.56. The largest absolute Gasteiger partial charge is 0.485 e. The molecule has 130 valence electrons. The van der Waals surface area contributed by atoms with Crippen molar-refractivity contribution in [3.8, 4) is 5.75 Å². The van der Waals surface area contributed by atoms with Gasteiger partial charge in [-0.25, -0.2) is 0 Å². The van der Waals surface area contributed by atoms with Gasteiger partial charge >= 0.3 is 0 Å². The van der Waals surface area contributed by atoms with Crippen LogP contribution < -0.4 is 10.5 Å². The highest BCUT2D eigenvalue weighted by Crippen LogP contribution is 2.17. The van der Waals surface area contributed by atoms with Crippen molar-refractivity contribution in [2.45, 2.75) is 32.4 Å². The predicted molar refractivity (Wildman–Crippen MR) is 90.2 cm³/mol. The van der Waals surface area contributed by atoms with Gasteiger partial charge in [0.1, 0.15) is 5.75 Å². The molecule has 7 nitrogen and oxygen atoms in total. The van der Waals surface area contributed by atoms with E-state index in [0.717, 1.165) is 13.0 Å². The standard InChI is InChI=1S/C16H20N4O3.ClH/c1-2-15-18-14(19-23-15)10-22-13-5-3-11(4-6-13)16(21)20-8-7-12(17)9-20;/h3-6,12H,2,7-10,17H2,1H3;1H/t12-;/m1./s1. The van der Waals surface area contributed by atoms with Crippen molar-refractivity contribution >= 4 is 18.3 Å². The Kier molecular flexibility index (Phi) is 6.16. The predicted octanol–water partition coefficient (Wildman–Crippen LogP) is 1.81. The average molecular weight is 353 g/mol. The molecule has 1 aliphatic rings. The zero-order valence-electron chi connectivity index (χ0n) is 13.5. The number of benzene rings is 1. The number of amides is 1. The number of hydrogen-bond acceptors (Lipinski definition) is 6. The highest BCUT2D eigenvalue weighted by molar-refractivity contribution is 5.94. The number of aryl methyl sites for hydroxylation is 1. The van der Waals surface area contributed by atoms with Gasteiger partial charge in [0.2, 0.25) is 11.7 Å². The third-order valence-corrected chi connectivity index (χ3v) is 3.79. The second-order valence-electron chi connectivity index (χ2n) is 5.57. The van der Waals surface area contributed by atoms with Gasteiger partial charge in [-0.1, -0.05) is 12.1 Å². The first-order chi connectivity index (χ1) is 11.2. The number of nitrogens with zero attached hydrogens (tertiary/aromatic N) is 3. The van der Waals surface area contributed by atoms with Gasteiger partial charge in [-0.15, -0.1) is 12.4 Å². The normalized spacial score (nSPS) is 16.8. The zero-order chi connectivity index (χ0) is 16.2. The molecule has 0 unspecified atom stereocenters. The summed E-state index contributed by atoms with van der Waals surface area (Å²) >= 11 is 0. The number of rotatable bonds is 5. The molecule has 0 bridgehead atoms. The fourth-order valence-electron chi connectivity index (χ4n) is 2.49. The Balaban J connectivity index is 0.00000208. The maximum absolute atomic E-state index is 12.3. The van der Waals surface area contributed by atoms with E-state index in [-0.39, 0.29) is 31.0 Å². The molecule has 2 aromatic rings. The number of hydrogen-bond donors (Lipinski definition) is 1. The van der Waals surface area contributed by atoms with E-state index >= 15 is 0 Å². The summed E-state index contributed by atoms with van der Waals surface area (Å²) in [6, 6.07) is 7.14. The van der Waals surface area contributed by atoms with Gasteiger partial charge in [0, 0.05) is 31.1 Å². The van der Waals surface area contributed by atoms with Crippen molar-refractivity contribution in [3.05, 3.63) is 41.5 Å². The highest BCUT2D eigenvalue weighted by atomic mass is 35.5. The molecule has 0 radical (unpaired) electrons. The number of halogens is 1. The Morgan fingerprint density at radius 1 is 1.42 bits per heavy atom. The monoisotopic (exact) mass is 352 g/mol. The van der Waals surface area contributed by atoms with Crippen molar-refractivity contribution < 1.29 is 14.1 Å². The van der Waals surface area contributed by atoms with Crippen LogP contribution in [0.5, 0.6) is 5.75 Å². The molecule has 1 aliphatic heterocycles. The lowest BCUT2D eigenvalue weighted by Crippen LogP contribution is -2.31. The molecule has 0 saturated carbocycles. The van der Waals surface area contributed by atoms with E-state index in [1.54, 1.807) is 29.2 Å². The van der Waals surface area contributed by atoms with Crippen LogP contribution >= 0.6 is 12.4 Å². The lowest BCUT2D eigenvalue weighted by Gasteiger charge is -2.15. The summed E-state index contributed by atoms with van der Waals surface area (Å²) in [5, 5.41) is 3.82. The van der Waals surface area contributed by atoms with Crippen LogP contribution in [0.4, 0.5) is 0 Å². The zero-order valence-corrected chi connectivity index (χ0v) is 14.3. The van der Waals surface area contributed by atoms with E-state index in [4.69, 9.17) is 15.0 Å². The molecular weight excluding hydrogens is 332 g/mol. The van der Waals surface area contributed by atoms with Crippen molar-refractivity contribution in [3.63, 3.8) is 0 Å². The fraction of sp³-hybridized carbons (Fsp3) is 0.438. The number of likely N-dealkylation sites (tertiary alicyclic amines) is 1. The third-order valence-electron chi connectivity index (χ3n) is 3.79. The molecule has 1 aromatic carbocycles. The molecule has 1 amide bonds. The Hall–Kier alpha value is -2.12. The minimum absolute atomic E-state index is 0. The molecule has 1 fully saturated rings. The summed E-state index contributed by atoms with van der Waals surface area (Å²) in [5.74, 6) is 1.76. The van der Waals surface area contributed by atoms with Crippen molar-refractivity contribution in [2.75, 3.05) is 13.1 Å². The van der Waals surface area contributed by atoms with E-state index in [9.17, 15) is 4.79 Å². The van der Waals surface area contributed by atoms with Gasteiger partial charge in [-0.05, 0) is 30.7 Å². The maximum Gasteiger partial charge on any atom is 0.253 e. The Labute approximate surface area is 146 Å². The first-order valence-electron chi connectivity index (χ1n) is 7.75. The molecule has 8 heteroatoms. The first-order valence-corrected chi connectivity index (χ1v) is 7.75. The van der Waals surface area contributed by atoms with Crippen LogP contribution in [-0.4, -0.2) is 40.1 Å². The molecule has 0 aliphatic carbocycles. The second-order valence-corrected chi connectivity index (χ2v) is 5.57. The van der Waals surface area contributed by atoms with Gasteiger partial charge in [0.15, 0.2) is 6.61 Å². The van der Waals surface area contributed by atoms with Crippen LogP contribution in [0.2, 0.25) is 0 Å². The van der Waals surface area contributed by atoms with Crippen molar-refractivity contribution in [2.24, 2.45) is 5.73 Å². The van der Waals surface area contributed by atoms with Gasteiger partial charge in [-0.2, -0.15) is 4.98 Å². The maximum atomic E-state index is 12.3. The molecule has 3 rings (SSSR count). The summed E-state index contributed by atoms with van der Waals surface area (Å²) in [4.78, 5) is 18.3. The number of aromatic nitrogens is 2. The molecule has 1 saturated heterocycles. The van der Waals surface area contributed by atoms with Crippen molar-refractivity contribution in [1.82, 2.24) is 15.0 Å². The number of nitrogens with two attached hydrogens (primary N) is 1. The van der Waals surface area contributed by atoms with Crippen LogP contribution in [0, 0.1) is 0 Å². The SMILES string of the molecule is CCc1nc(COc2ccc(C(=O)N3CC[C@@H](N)C3)cc2)no1.Cl. The highest BCUT2D eigenvalue weighted by Gasteiger charge is 2.24. The summed E-state index contributed by atoms with van der Waals surface area (Å²) in [7, 11) is 0. The van der Waals surface area contributed by atoms with Crippen LogP contribution in [0.25, 0.3) is 0 Å². The van der Waals surface area contributed by atoms with Crippen LogP contribution in [0.3, 0.4) is 0 Å². The number of carbonyl (C=O) groups excluding carboxylic acids is 1. The molecule has 2 N–H and O–H groups in total. The first kappa shape index (κ1) is 18.2. The van der Waals surface area contributed by atoms with Crippen molar-refractivity contribution in [1.29, 1.82) is 0 Å². The lowest BCUT2D eigenvalue weighted by atomic mass is 10.2. The molecular formula is C16H21ClN4O3. The molecule has 1 atom stereocenters. The molecule has 1 aromatic heterocycles. The number of carbonyl (C=O) groups is 1. The van der Waals surface area contributed by atoms with E-state index < -0.39 is 0 Å². The molecule has 2 heterocycles. The summed E-state index contributed by atoms with van der Waals surface area (Å²) in [6.45, 7) is 3.52. The Bertz CT molecular complexity index is 674. The fourth-order valence-corrected chi connectivity index (χ4v) is 2.49. The minimum Gasteiger partial charge on any atom is -0.485 e. The van der Waals surface area contributed by atoms with E-state index in [1.807, 2.05) is 6.92 Å². The van der Waals surface area contributed by atoms with Gasteiger partial charge in [0.25, 0.3) is 5.91 Å². The summed E-state index contributed by atoms with van der Waals surface area (Å²) in [5.41, 5.74) is 6.48. The Morgan fingerprint density at radius 3 is 2.75 bits per heavy atom. The molecule has 0 spiro atoms. The smallest absolute Gasteiger partial charge is 0.253 e. The van der Waals surface area contributed by atoms with Crippen LogP contribution in [0.1, 0.15) is 35.4 Å². The van der Waals surface area contributed by atoms with E-state index in [0.29, 0.717) is 36.0 Å². The van der Waals surface area contributed by atoms with Crippen LogP contribution in [-0.2, 0) is 13.0 Å². The molecule has 24 heavy (non-hydrogen) atoms. The Morgan fingerprint density at radius 2 is 2.17 bits per heavy atom. The van der Waals surface area contributed by atoms with Gasteiger partial charge in [0.05, 0.1) is 0 Å². The van der Waals surface area contributed by atoms with Crippen LogP contribution in [0.15, 0.2) is 28.8 Å².